The molecule has 2 aromatic carbocycles. The van der Waals surface area contributed by atoms with E-state index in [4.69, 9.17) is 0 Å². The topological polar surface area (TPSA) is 0 Å². The zero-order chi connectivity index (χ0) is 16.6. The second-order valence-electron chi connectivity index (χ2n) is 6.09. The predicted molar refractivity (Wildman–Crippen MR) is 94.5 cm³/mol. The van der Waals surface area contributed by atoms with Crippen LogP contribution in [0, 0.1) is 24.5 Å². The van der Waals surface area contributed by atoms with Gasteiger partial charge < -0.3 is 0 Å². The van der Waals surface area contributed by atoms with Crippen molar-refractivity contribution in [2.45, 2.75) is 25.2 Å². The summed E-state index contributed by atoms with van der Waals surface area (Å²) in [6.45, 7) is 4.10. The number of hydrogen-bond acceptors (Lipinski definition) is 1. The van der Waals surface area contributed by atoms with Crippen molar-refractivity contribution in [2.75, 3.05) is 0 Å². The number of halogens is 2. The van der Waals surface area contributed by atoms with E-state index < -0.39 is 11.6 Å². The monoisotopic (exact) mass is 328 g/mol. The van der Waals surface area contributed by atoms with Crippen LogP contribution >= 0.6 is 12.6 Å². The Morgan fingerprint density at radius 2 is 1.70 bits per heavy atom. The molecule has 1 unspecified atom stereocenters. The molecule has 1 aliphatic rings. The van der Waals surface area contributed by atoms with Crippen molar-refractivity contribution in [3.05, 3.63) is 76.9 Å². The van der Waals surface area contributed by atoms with Crippen LogP contribution in [0.3, 0.4) is 0 Å². The van der Waals surface area contributed by atoms with Crippen molar-refractivity contribution in [2.24, 2.45) is 5.92 Å². The number of allylic oxidation sites excluding steroid dienone is 4. The lowest BCUT2D eigenvalue weighted by atomic mass is 9.83. The van der Waals surface area contributed by atoms with E-state index in [0.29, 0.717) is 11.5 Å². The second-order valence-corrected chi connectivity index (χ2v) is 6.57. The van der Waals surface area contributed by atoms with Gasteiger partial charge >= 0.3 is 0 Å². The summed E-state index contributed by atoms with van der Waals surface area (Å²) in [5.74, 6) is -0.762. The first-order valence-corrected chi connectivity index (χ1v) is 8.06. The zero-order valence-corrected chi connectivity index (χ0v) is 14.0. The number of rotatable bonds is 2. The quantitative estimate of drug-likeness (QED) is 0.636. The lowest BCUT2D eigenvalue weighted by Gasteiger charge is -2.21. The molecule has 118 valence electrons. The van der Waals surface area contributed by atoms with E-state index >= 15 is 0 Å². The molecule has 0 fully saturated rings. The Balaban J connectivity index is 2.19. The summed E-state index contributed by atoms with van der Waals surface area (Å²) in [5, 5.41) is 0. The molecule has 0 N–H and O–H groups in total. The Morgan fingerprint density at radius 3 is 2.35 bits per heavy atom. The third-order valence-electron chi connectivity index (χ3n) is 4.17. The highest BCUT2D eigenvalue weighted by Crippen LogP contribution is 2.37. The first-order chi connectivity index (χ1) is 10.9. The molecule has 0 aromatic heterocycles. The fourth-order valence-corrected chi connectivity index (χ4v) is 3.12. The van der Waals surface area contributed by atoms with E-state index in [9.17, 15) is 8.78 Å². The van der Waals surface area contributed by atoms with Gasteiger partial charge in [-0.05, 0) is 65.3 Å². The van der Waals surface area contributed by atoms with Crippen LogP contribution in [0.5, 0.6) is 0 Å². The van der Waals surface area contributed by atoms with Gasteiger partial charge in [0.15, 0.2) is 0 Å². The SMILES string of the molecule is Cc1ccc(C2=C(c3cc(F)cc(F)c3)CC(C)C=C2)cc1S. The molecule has 0 amide bonds. The molecule has 1 aliphatic carbocycles. The largest absolute Gasteiger partial charge is 0.207 e. The van der Waals surface area contributed by atoms with Crippen molar-refractivity contribution in [1.29, 1.82) is 0 Å². The number of aryl methyl sites for hydroxylation is 1. The molecule has 0 heterocycles. The van der Waals surface area contributed by atoms with Crippen LogP contribution in [0.1, 0.15) is 30.0 Å². The molecule has 3 rings (SSSR count). The molecule has 1 atom stereocenters. The molecule has 23 heavy (non-hydrogen) atoms. The Kier molecular flexibility index (Phi) is 4.40. The highest BCUT2D eigenvalue weighted by molar-refractivity contribution is 7.80. The van der Waals surface area contributed by atoms with E-state index in [1.165, 1.54) is 12.1 Å². The number of thiol groups is 1. The maximum Gasteiger partial charge on any atom is 0.126 e. The van der Waals surface area contributed by atoms with Gasteiger partial charge in [0.25, 0.3) is 0 Å². The van der Waals surface area contributed by atoms with Crippen molar-refractivity contribution in [1.82, 2.24) is 0 Å². The first-order valence-electron chi connectivity index (χ1n) is 7.62. The van der Waals surface area contributed by atoms with Crippen molar-refractivity contribution < 1.29 is 8.78 Å². The number of benzene rings is 2. The standard InChI is InChI=1S/C20H18F2S/c1-12-3-6-18(14-5-4-13(2)20(23)10-14)19(7-12)15-8-16(21)11-17(22)9-15/h3-6,8-12,23H,7H2,1-2H3. The lowest BCUT2D eigenvalue weighted by molar-refractivity contribution is 0.582. The summed E-state index contributed by atoms with van der Waals surface area (Å²) in [4.78, 5) is 0.909. The Bertz CT molecular complexity index is 798. The Morgan fingerprint density at radius 1 is 1.00 bits per heavy atom. The summed E-state index contributed by atoms with van der Waals surface area (Å²) >= 11 is 4.49. The van der Waals surface area contributed by atoms with Crippen LogP contribution in [-0.4, -0.2) is 0 Å². The summed E-state index contributed by atoms with van der Waals surface area (Å²) in [6.07, 6.45) is 4.93. The molecule has 0 aliphatic heterocycles. The molecular weight excluding hydrogens is 310 g/mol. The van der Waals surface area contributed by atoms with Gasteiger partial charge in [-0.25, -0.2) is 8.78 Å². The molecule has 0 radical (unpaired) electrons. The van der Waals surface area contributed by atoms with Gasteiger partial charge in [-0.15, -0.1) is 12.6 Å². The summed E-state index contributed by atoms with van der Waals surface area (Å²) < 4.78 is 27.3. The predicted octanol–water partition coefficient (Wildman–Crippen LogP) is 6.07. The van der Waals surface area contributed by atoms with Crippen LogP contribution in [0.4, 0.5) is 8.78 Å². The summed E-state index contributed by atoms with van der Waals surface area (Å²) in [7, 11) is 0. The highest BCUT2D eigenvalue weighted by Gasteiger charge is 2.18. The second kappa shape index (κ2) is 6.32. The van der Waals surface area contributed by atoms with Gasteiger partial charge in [-0.2, -0.15) is 0 Å². The molecule has 0 nitrogen and oxygen atoms in total. The maximum atomic E-state index is 13.6. The van der Waals surface area contributed by atoms with Gasteiger partial charge in [0.2, 0.25) is 0 Å². The minimum atomic E-state index is -0.548. The molecule has 0 saturated carbocycles. The third kappa shape index (κ3) is 3.40. The minimum absolute atomic E-state index is 0.334. The lowest BCUT2D eigenvalue weighted by Crippen LogP contribution is -2.03. The normalized spacial score (nSPS) is 17.7. The molecule has 0 spiro atoms. The van der Waals surface area contributed by atoms with Crippen LogP contribution in [-0.2, 0) is 0 Å². The van der Waals surface area contributed by atoms with E-state index in [2.05, 4.69) is 25.6 Å². The van der Waals surface area contributed by atoms with Crippen LogP contribution in [0.25, 0.3) is 11.1 Å². The highest BCUT2D eigenvalue weighted by atomic mass is 32.1. The first kappa shape index (κ1) is 16.0. The van der Waals surface area contributed by atoms with E-state index in [1.807, 2.05) is 31.2 Å². The average Bonchev–Trinajstić information content (AvgIpc) is 2.49. The molecule has 3 heteroatoms. The van der Waals surface area contributed by atoms with Gasteiger partial charge in [0.1, 0.15) is 11.6 Å². The van der Waals surface area contributed by atoms with Gasteiger partial charge in [0.05, 0.1) is 0 Å². The van der Waals surface area contributed by atoms with Gasteiger partial charge in [0, 0.05) is 11.0 Å². The Labute approximate surface area is 141 Å². The fraction of sp³-hybridized carbons (Fsp3) is 0.200. The minimum Gasteiger partial charge on any atom is -0.207 e. The van der Waals surface area contributed by atoms with Crippen molar-refractivity contribution in [3.63, 3.8) is 0 Å². The average molecular weight is 328 g/mol. The van der Waals surface area contributed by atoms with Crippen LogP contribution < -0.4 is 0 Å². The number of hydrogen-bond donors (Lipinski definition) is 1. The fourth-order valence-electron chi connectivity index (χ4n) is 2.91. The van der Waals surface area contributed by atoms with Gasteiger partial charge in [-0.1, -0.05) is 31.2 Å². The smallest absolute Gasteiger partial charge is 0.126 e. The Hall–Kier alpha value is -1.87. The van der Waals surface area contributed by atoms with E-state index in [0.717, 1.165) is 39.7 Å². The van der Waals surface area contributed by atoms with E-state index in [-0.39, 0.29) is 0 Å². The molecule has 0 saturated heterocycles. The summed E-state index contributed by atoms with van der Waals surface area (Å²) in [6, 6.07) is 9.76. The van der Waals surface area contributed by atoms with Crippen LogP contribution in [0.2, 0.25) is 0 Å². The third-order valence-corrected chi connectivity index (χ3v) is 4.66. The molecular formula is C20H18F2S. The molecule has 0 bridgehead atoms. The van der Waals surface area contributed by atoms with Gasteiger partial charge in [-0.3, -0.25) is 0 Å². The van der Waals surface area contributed by atoms with Crippen molar-refractivity contribution in [3.8, 4) is 0 Å². The van der Waals surface area contributed by atoms with Crippen molar-refractivity contribution >= 4 is 23.8 Å². The van der Waals surface area contributed by atoms with Crippen LogP contribution in [0.15, 0.2) is 53.4 Å². The maximum absolute atomic E-state index is 13.6. The zero-order valence-electron chi connectivity index (χ0n) is 13.1. The molecule has 2 aromatic rings. The summed E-state index contributed by atoms with van der Waals surface area (Å²) in [5.41, 5.74) is 4.70. The van der Waals surface area contributed by atoms with E-state index in [1.54, 1.807) is 0 Å².